The van der Waals surface area contributed by atoms with E-state index in [1.165, 1.54) is 5.56 Å². The van der Waals surface area contributed by atoms with E-state index in [1.807, 2.05) is 24.3 Å². The first-order chi connectivity index (χ1) is 10.6. The normalized spacial score (nSPS) is 17.0. The molecule has 1 amide bonds. The minimum atomic E-state index is -0.890. The van der Waals surface area contributed by atoms with E-state index >= 15 is 0 Å². The van der Waals surface area contributed by atoms with E-state index in [0.29, 0.717) is 26.1 Å². The third kappa shape index (κ3) is 4.07. The highest BCUT2D eigenvalue weighted by atomic mass is 16.5. The number of nitrogens with one attached hydrogen (secondary N) is 1. The summed E-state index contributed by atoms with van der Waals surface area (Å²) in [5, 5.41) is 12.2. The Labute approximate surface area is 130 Å². The molecule has 1 aliphatic rings. The number of hydrogen-bond acceptors (Lipinski definition) is 3. The maximum Gasteiger partial charge on any atom is 0.311 e. The first kappa shape index (κ1) is 16.5. The summed E-state index contributed by atoms with van der Waals surface area (Å²) in [7, 11) is 0. The second kappa shape index (κ2) is 7.40. The molecule has 5 nitrogen and oxygen atoms in total. The van der Waals surface area contributed by atoms with Crippen molar-refractivity contribution in [3.63, 3.8) is 0 Å². The van der Waals surface area contributed by atoms with Gasteiger partial charge in [-0.3, -0.25) is 9.59 Å². The summed E-state index contributed by atoms with van der Waals surface area (Å²) < 4.78 is 5.23. The zero-order chi connectivity index (χ0) is 16.0. The van der Waals surface area contributed by atoms with Crippen molar-refractivity contribution in [2.75, 3.05) is 19.8 Å². The van der Waals surface area contributed by atoms with Gasteiger partial charge in [0.15, 0.2) is 0 Å². The second-order valence-electron chi connectivity index (χ2n) is 5.82. The molecule has 0 atom stereocenters. The number of benzene rings is 1. The zero-order valence-electron chi connectivity index (χ0n) is 12.9. The fourth-order valence-corrected chi connectivity index (χ4v) is 2.70. The smallest absolute Gasteiger partial charge is 0.311 e. The Morgan fingerprint density at radius 2 is 1.95 bits per heavy atom. The van der Waals surface area contributed by atoms with Crippen LogP contribution in [-0.2, 0) is 27.2 Å². The summed E-state index contributed by atoms with van der Waals surface area (Å²) in [4.78, 5) is 23.6. The predicted molar refractivity (Wildman–Crippen MR) is 82.7 cm³/mol. The highest BCUT2D eigenvalue weighted by molar-refractivity contribution is 5.80. The summed E-state index contributed by atoms with van der Waals surface area (Å²) in [5.74, 6) is -0.996. The summed E-state index contributed by atoms with van der Waals surface area (Å²) in [6.45, 7) is 3.10. The molecule has 1 heterocycles. The van der Waals surface area contributed by atoms with Crippen molar-refractivity contribution in [2.24, 2.45) is 5.41 Å². The third-order valence-electron chi connectivity index (χ3n) is 4.29. The number of aliphatic carboxylic acids is 1. The Morgan fingerprint density at radius 3 is 2.59 bits per heavy atom. The van der Waals surface area contributed by atoms with Crippen LogP contribution in [0.5, 0.6) is 0 Å². The molecule has 0 saturated carbocycles. The van der Waals surface area contributed by atoms with Crippen LogP contribution in [0.25, 0.3) is 0 Å². The Balaban J connectivity index is 1.92. The third-order valence-corrected chi connectivity index (χ3v) is 4.29. The van der Waals surface area contributed by atoms with Crippen molar-refractivity contribution in [1.29, 1.82) is 0 Å². The monoisotopic (exact) mass is 305 g/mol. The quantitative estimate of drug-likeness (QED) is 0.840. The van der Waals surface area contributed by atoms with E-state index < -0.39 is 11.4 Å². The summed E-state index contributed by atoms with van der Waals surface area (Å²) in [5.41, 5.74) is 1.25. The van der Waals surface area contributed by atoms with Crippen LogP contribution in [0.15, 0.2) is 24.3 Å². The molecule has 0 aromatic heterocycles. The number of carboxylic acids is 1. The van der Waals surface area contributed by atoms with Crippen LogP contribution in [0.2, 0.25) is 0 Å². The van der Waals surface area contributed by atoms with Gasteiger partial charge in [0, 0.05) is 19.8 Å². The van der Waals surface area contributed by atoms with Gasteiger partial charge in [0.05, 0.1) is 11.8 Å². The molecule has 1 aromatic rings. The minimum absolute atomic E-state index is 0.139. The molecule has 0 unspecified atom stereocenters. The molecule has 2 rings (SSSR count). The van der Waals surface area contributed by atoms with Crippen molar-refractivity contribution in [2.45, 2.75) is 32.6 Å². The zero-order valence-corrected chi connectivity index (χ0v) is 12.9. The van der Waals surface area contributed by atoms with E-state index in [1.54, 1.807) is 0 Å². The number of rotatable bonds is 6. The van der Waals surface area contributed by atoms with Crippen LogP contribution in [0.3, 0.4) is 0 Å². The first-order valence-corrected chi connectivity index (χ1v) is 7.71. The summed E-state index contributed by atoms with van der Waals surface area (Å²) in [6.07, 6.45) is 2.08. The molecule has 120 valence electrons. The van der Waals surface area contributed by atoms with Crippen molar-refractivity contribution >= 4 is 11.9 Å². The van der Waals surface area contributed by atoms with Gasteiger partial charge in [-0.1, -0.05) is 31.2 Å². The topological polar surface area (TPSA) is 75.6 Å². The number of carbonyl (C=O) groups excluding carboxylic acids is 1. The average molecular weight is 305 g/mol. The van der Waals surface area contributed by atoms with E-state index in [2.05, 4.69) is 12.2 Å². The SMILES string of the molecule is CCc1cccc(CC(=O)NCC2(C(=O)O)CCOCC2)c1. The number of carboxylic acid groups (broad SMARTS) is 1. The van der Waals surface area contributed by atoms with Crippen molar-refractivity contribution < 1.29 is 19.4 Å². The molecule has 1 fully saturated rings. The number of ether oxygens (including phenoxy) is 1. The second-order valence-corrected chi connectivity index (χ2v) is 5.82. The van der Waals surface area contributed by atoms with Crippen molar-refractivity contribution in [1.82, 2.24) is 5.32 Å². The van der Waals surface area contributed by atoms with Gasteiger partial charge in [-0.2, -0.15) is 0 Å². The summed E-state index contributed by atoms with van der Waals surface area (Å²) in [6, 6.07) is 7.91. The fourth-order valence-electron chi connectivity index (χ4n) is 2.70. The molecule has 0 bridgehead atoms. The minimum Gasteiger partial charge on any atom is -0.481 e. The van der Waals surface area contributed by atoms with E-state index in [9.17, 15) is 14.7 Å². The van der Waals surface area contributed by atoms with Crippen molar-refractivity contribution in [3.8, 4) is 0 Å². The Kier molecular flexibility index (Phi) is 5.55. The summed E-state index contributed by atoms with van der Waals surface area (Å²) >= 11 is 0. The number of amides is 1. The first-order valence-electron chi connectivity index (χ1n) is 7.71. The number of hydrogen-bond donors (Lipinski definition) is 2. The van der Waals surface area contributed by atoms with Gasteiger partial charge in [0.1, 0.15) is 0 Å². The lowest BCUT2D eigenvalue weighted by molar-refractivity contribution is -0.154. The Morgan fingerprint density at radius 1 is 1.27 bits per heavy atom. The van der Waals surface area contributed by atoms with Gasteiger partial charge in [0.25, 0.3) is 0 Å². The van der Waals surface area contributed by atoms with Crippen LogP contribution in [0.4, 0.5) is 0 Å². The fraction of sp³-hybridized carbons (Fsp3) is 0.529. The van der Waals surface area contributed by atoms with Gasteiger partial charge in [-0.15, -0.1) is 0 Å². The standard InChI is InChI=1S/C17H23NO4/c1-2-13-4-3-5-14(10-13)11-15(19)18-12-17(16(20)21)6-8-22-9-7-17/h3-5,10H,2,6-9,11-12H2,1H3,(H,18,19)(H,20,21). The van der Waals surface area contributed by atoms with Gasteiger partial charge >= 0.3 is 5.97 Å². The molecule has 2 N–H and O–H groups in total. The maximum absolute atomic E-state index is 12.1. The van der Waals surface area contributed by atoms with E-state index in [-0.39, 0.29) is 18.9 Å². The number of aryl methyl sites for hydroxylation is 1. The van der Waals surface area contributed by atoms with Gasteiger partial charge in [-0.05, 0) is 30.4 Å². The van der Waals surface area contributed by atoms with Crippen LogP contribution >= 0.6 is 0 Å². The predicted octanol–water partition coefficient (Wildman–Crippen LogP) is 1.79. The number of carbonyl (C=O) groups is 2. The molecule has 0 aliphatic carbocycles. The van der Waals surface area contributed by atoms with Crippen LogP contribution in [0.1, 0.15) is 30.9 Å². The van der Waals surface area contributed by atoms with Crippen LogP contribution < -0.4 is 5.32 Å². The van der Waals surface area contributed by atoms with E-state index in [4.69, 9.17) is 4.74 Å². The molecule has 0 spiro atoms. The molecule has 1 aliphatic heterocycles. The molecular weight excluding hydrogens is 282 g/mol. The average Bonchev–Trinajstić information content (AvgIpc) is 2.54. The van der Waals surface area contributed by atoms with Crippen molar-refractivity contribution in [3.05, 3.63) is 35.4 Å². The highest BCUT2D eigenvalue weighted by Crippen LogP contribution is 2.30. The lowest BCUT2D eigenvalue weighted by Gasteiger charge is -2.33. The van der Waals surface area contributed by atoms with Crippen LogP contribution in [-0.4, -0.2) is 36.7 Å². The highest BCUT2D eigenvalue weighted by Gasteiger charge is 2.40. The molecular formula is C17H23NO4. The lowest BCUT2D eigenvalue weighted by atomic mass is 9.80. The Bertz CT molecular complexity index is 535. The van der Waals surface area contributed by atoms with Gasteiger partial charge in [-0.25, -0.2) is 0 Å². The van der Waals surface area contributed by atoms with E-state index in [0.717, 1.165) is 12.0 Å². The molecule has 5 heteroatoms. The van der Waals surface area contributed by atoms with Gasteiger partial charge in [0.2, 0.25) is 5.91 Å². The largest absolute Gasteiger partial charge is 0.481 e. The van der Waals surface area contributed by atoms with Crippen LogP contribution in [0, 0.1) is 5.41 Å². The Hall–Kier alpha value is -1.88. The molecule has 0 radical (unpaired) electrons. The molecule has 22 heavy (non-hydrogen) atoms. The van der Waals surface area contributed by atoms with Gasteiger partial charge < -0.3 is 15.2 Å². The molecule has 1 saturated heterocycles. The lowest BCUT2D eigenvalue weighted by Crippen LogP contribution is -2.46. The molecule has 1 aromatic carbocycles. The maximum atomic E-state index is 12.1.